The first-order chi connectivity index (χ1) is 7.65. The fourth-order valence-corrected chi connectivity index (χ4v) is 0.834. The zero-order chi connectivity index (χ0) is 12.8. The van der Waals surface area contributed by atoms with Crippen LogP contribution in [0.2, 0.25) is 0 Å². The number of hydrogen-bond donors (Lipinski definition) is 5. The second-order valence-corrected chi connectivity index (χ2v) is 3.54. The molecular formula is C10H26N2O4. The zero-order valence-electron chi connectivity index (χ0n) is 10.0. The first kappa shape index (κ1) is 18.1. The molecule has 6 nitrogen and oxygen atoms in total. The third-order valence-electron chi connectivity index (χ3n) is 1.96. The predicted molar refractivity (Wildman–Crippen MR) is 63.0 cm³/mol. The second kappa shape index (κ2) is 14.8. The Bertz CT molecular complexity index is 109. The van der Waals surface area contributed by atoms with E-state index in [0.29, 0.717) is 26.2 Å². The lowest BCUT2D eigenvalue weighted by molar-refractivity contribution is 0.136. The summed E-state index contributed by atoms with van der Waals surface area (Å²) >= 11 is 0. The maximum atomic E-state index is 8.48. The lowest BCUT2D eigenvalue weighted by atomic mass is 10.2. The lowest BCUT2D eigenvalue weighted by Crippen LogP contribution is -2.32. The Morgan fingerprint density at radius 2 is 1.31 bits per heavy atom. The van der Waals surface area contributed by atoms with Gasteiger partial charge in [0.15, 0.2) is 0 Å². The van der Waals surface area contributed by atoms with Gasteiger partial charge in [-0.25, -0.2) is 0 Å². The van der Waals surface area contributed by atoms with Gasteiger partial charge >= 0.3 is 0 Å². The SMILES string of the molecule is CC(CN)CO.OCCN(CCO)CCO. The molecule has 0 fully saturated rings. The predicted octanol–water partition coefficient (Wildman–Crippen LogP) is -2.16. The lowest BCUT2D eigenvalue weighted by Gasteiger charge is -2.17. The van der Waals surface area contributed by atoms with Gasteiger partial charge in [-0.15, -0.1) is 0 Å². The van der Waals surface area contributed by atoms with Gasteiger partial charge in [0.2, 0.25) is 0 Å². The van der Waals surface area contributed by atoms with E-state index in [0.717, 1.165) is 0 Å². The summed E-state index contributed by atoms with van der Waals surface area (Å²) in [6.07, 6.45) is 0. The number of aliphatic hydroxyl groups excluding tert-OH is 4. The van der Waals surface area contributed by atoms with Crippen molar-refractivity contribution in [3.8, 4) is 0 Å². The van der Waals surface area contributed by atoms with Gasteiger partial charge in [-0.3, -0.25) is 4.90 Å². The van der Waals surface area contributed by atoms with Crippen molar-refractivity contribution in [3.63, 3.8) is 0 Å². The third kappa shape index (κ3) is 13.8. The molecule has 6 heteroatoms. The molecule has 6 N–H and O–H groups in total. The van der Waals surface area contributed by atoms with Crippen molar-refractivity contribution in [2.24, 2.45) is 11.7 Å². The van der Waals surface area contributed by atoms with Gasteiger partial charge in [-0.2, -0.15) is 0 Å². The minimum absolute atomic E-state index is 0.0694. The topological polar surface area (TPSA) is 110 Å². The summed E-state index contributed by atoms with van der Waals surface area (Å²) < 4.78 is 0. The van der Waals surface area contributed by atoms with Crippen LogP contribution in [0.4, 0.5) is 0 Å². The monoisotopic (exact) mass is 238 g/mol. The Balaban J connectivity index is 0. The van der Waals surface area contributed by atoms with E-state index in [-0.39, 0.29) is 32.3 Å². The van der Waals surface area contributed by atoms with Crippen molar-refractivity contribution in [1.29, 1.82) is 0 Å². The largest absolute Gasteiger partial charge is 0.396 e. The number of aliphatic hydroxyl groups is 4. The molecule has 0 saturated carbocycles. The van der Waals surface area contributed by atoms with E-state index in [1.807, 2.05) is 6.92 Å². The zero-order valence-corrected chi connectivity index (χ0v) is 10.0. The fraction of sp³-hybridized carbons (Fsp3) is 1.00. The van der Waals surface area contributed by atoms with Crippen molar-refractivity contribution >= 4 is 0 Å². The molecule has 0 aliphatic carbocycles. The number of rotatable bonds is 8. The van der Waals surface area contributed by atoms with Gasteiger partial charge in [-0.1, -0.05) is 6.92 Å². The molecule has 0 aliphatic rings. The highest BCUT2D eigenvalue weighted by atomic mass is 16.3. The minimum Gasteiger partial charge on any atom is -0.396 e. The molecule has 0 saturated heterocycles. The highest BCUT2D eigenvalue weighted by Gasteiger charge is 2.00. The Kier molecular flexibility index (Phi) is 16.7. The van der Waals surface area contributed by atoms with Crippen LogP contribution in [0.15, 0.2) is 0 Å². The minimum atomic E-state index is 0.0694. The molecule has 0 amide bonds. The highest BCUT2D eigenvalue weighted by Crippen LogP contribution is 1.84. The van der Waals surface area contributed by atoms with E-state index in [1.165, 1.54) is 0 Å². The Hall–Kier alpha value is -0.240. The van der Waals surface area contributed by atoms with E-state index in [9.17, 15) is 0 Å². The van der Waals surface area contributed by atoms with Crippen LogP contribution < -0.4 is 5.73 Å². The Morgan fingerprint density at radius 3 is 1.44 bits per heavy atom. The molecule has 16 heavy (non-hydrogen) atoms. The molecule has 0 rings (SSSR count). The molecular weight excluding hydrogens is 212 g/mol. The van der Waals surface area contributed by atoms with Crippen molar-refractivity contribution in [1.82, 2.24) is 4.90 Å². The van der Waals surface area contributed by atoms with Crippen LogP contribution in [0.5, 0.6) is 0 Å². The van der Waals surface area contributed by atoms with Crippen molar-refractivity contribution in [3.05, 3.63) is 0 Å². The third-order valence-corrected chi connectivity index (χ3v) is 1.96. The van der Waals surface area contributed by atoms with Crippen molar-refractivity contribution in [2.45, 2.75) is 6.92 Å². The smallest absolute Gasteiger partial charge is 0.0558 e. The molecule has 0 spiro atoms. The van der Waals surface area contributed by atoms with E-state index in [2.05, 4.69) is 0 Å². The van der Waals surface area contributed by atoms with Crippen LogP contribution in [0.3, 0.4) is 0 Å². The normalized spacial score (nSPS) is 12.2. The van der Waals surface area contributed by atoms with E-state index >= 15 is 0 Å². The highest BCUT2D eigenvalue weighted by molar-refractivity contribution is 4.54. The van der Waals surface area contributed by atoms with Crippen LogP contribution in [0.25, 0.3) is 0 Å². The standard InChI is InChI=1S/C6H15NO3.C4H11NO/c8-4-1-7(2-5-9)3-6-10;1-4(2-5)3-6/h8-10H,1-6H2;4,6H,2-3,5H2,1H3. The first-order valence-corrected chi connectivity index (χ1v) is 5.52. The van der Waals surface area contributed by atoms with Gasteiger partial charge in [-0.05, 0) is 12.5 Å². The first-order valence-electron chi connectivity index (χ1n) is 5.52. The summed E-state index contributed by atoms with van der Waals surface area (Å²) in [7, 11) is 0. The van der Waals surface area contributed by atoms with Crippen LogP contribution in [-0.4, -0.2) is 77.9 Å². The summed E-state index contributed by atoms with van der Waals surface area (Å²) in [6, 6.07) is 0. The van der Waals surface area contributed by atoms with Crippen LogP contribution in [-0.2, 0) is 0 Å². The van der Waals surface area contributed by atoms with Gasteiger partial charge in [0.05, 0.1) is 19.8 Å². The van der Waals surface area contributed by atoms with Crippen LogP contribution in [0, 0.1) is 5.92 Å². The molecule has 0 aromatic heterocycles. The molecule has 1 unspecified atom stereocenters. The number of nitrogens with two attached hydrogens (primary N) is 1. The fourth-order valence-electron chi connectivity index (χ4n) is 0.834. The van der Waals surface area contributed by atoms with Crippen molar-refractivity contribution in [2.75, 3.05) is 52.6 Å². The van der Waals surface area contributed by atoms with Crippen LogP contribution >= 0.6 is 0 Å². The van der Waals surface area contributed by atoms with Crippen molar-refractivity contribution < 1.29 is 20.4 Å². The number of nitrogens with zero attached hydrogens (tertiary/aromatic N) is 1. The average molecular weight is 238 g/mol. The second-order valence-electron chi connectivity index (χ2n) is 3.54. The molecule has 0 bridgehead atoms. The van der Waals surface area contributed by atoms with E-state index in [4.69, 9.17) is 26.2 Å². The molecule has 0 aromatic rings. The van der Waals surface area contributed by atoms with E-state index < -0.39 is 0 Å². The molecule has 0 radical (unpaired) electrons. The summed E-state index contributed by atoms with van der Waals surface area (Å²) in [5, 5.41) is 33.7. The maximum Gasteiger partial charge on any atom is 0.0558 e. The quantitative estimate of drug-likeness (QED) is 0.329. The Labute approximate surface area is 97.3 Å². The summed E-state index contributed by atoms with van der Waals surface area (Å²) in [6.45, 7) is 4.44. The van der Waals surface area contributed by atoms with Gasteiger partial charge in [0, 0.05) is 26.2 Å². The average Bonchev–Trinajstić information content (AvgIpc) is 2.30. The molecule has 0 heterocycles. The summed E-state index contributed by atoms with van der Waals surface area (Å²) in [5.74, 6) is 0.269. The molecule has 100 valence electrons. The maximum absolute atomic E-state index is 8.48. The molecule has 0 aromatic carbocycles. The van der Waals surface area contributed by atoms with Gasteiger partial charge in [0.25, 0.3) is 0 Å². The van der Waals surface area contributed by atoms with Gasteiger partial charge < -0.3 is 26.2 Å². The van der Waals surface area contributed by atoms with Crippen LogP contribution in [0.1, 0.15) is 6.92 Å². The summed E-state index contributed by atoms with van der Waals surface area (Å²) in [4.78, 5) is 1.79. The van der Waals surface area contributed by atoms with Gasteiger partial charge in [0.1, 0.15) is 0 Å². The number of hydrogen-bond acceptors (Lipinski definition) is 6. The molecule has 0 aliphatic heterocycles. The Morgan fingerprint density at radius 1 is 0.938 bits per heavy atom. The van der Waals surface area contributed by atoms with E-state index in [1.54, 1.807) is 4.90 Å². The summed E-state index contributed by atoms with van der Waals surface area (Å²) in [5.41, 5.74) is 5.12. The molecule has 1 atom stereocenters.